The van der Waals surface area contributed by atoms with Crippen LogP contribution in [0.5, 0.6) is 0 Å². The van der Waals surface area contributed by atoms with Gasteiger partial charge in [0.15, 0.2) is 0 Å². The molecule has 0 aliphatic carbocycles. The predicted octanol–water partition coefficient (Wildman–Crippen LogP) is 3.15. The van der Waals surface area contributed by atoms with Crippen LogP contribution in [0.3, 0.4) is 0 Å². The Hall–Kier alpha value is -2.36. The molecule has 1 heterocycles. The fourth-order valence-corrected chi connectivity index (χ4v) is 1.97. The van der Waals surface area contributed by atoms with E-state index in [4.69, 9.17) is 4.74 Å². The van der Waals surface area contributed by atoms with Crippen LogP contribution in [-0.2, 0) is 35.5 Å². The summed E-state index contributed by atoms with van der Waals surface area (Å²) in [6.07, 6.45) is 6.77. The standard InChI is InChI=1S/C17H22N2O2/c1-6-9-14-15(10-7-2)19(11-8-3)16(18-14)12-21-17(20)13(4)5/h6-8H,1-4,9-12H2,5H3. The van der Waals surface area contributed by atoms with Crippen LogP contribution >= 0.6 is 0 Å². The number of rotatable bonds is 9. The van der Waals surface area contributed by atoms with E-state index in [0.29, 0.717) is 30.8 Å². The van der Waals surface area contributed by atoms with Crippen molar-refractivity contribution in [3.05, 3.63) is 67.3 Å². The zero-order valence-electron chi connectivity index (χ0n) is 12.6. The lowest BCUT2D eigenvalue weighted by Crippen LogP contribution is -2.11. The van der Waals surface area contributed by atoms with Crippen molar-refractivity contribution in [3.63, 3.8) is 0 Å². The van der Waals surface area contributed by atoms with Crippen LogP contribution in [0.4, 0.5) is 0 Å². The maximum atomic E-state index is 11.5. The molecule has 4 heteroatoms. The number of esters is 1. The van der Waals surface area contributed by atoms with E-state index >= 15 is 0 Å². The topological polar surface area (TPSA) is 44.1 Å². The highest BCUT2D eigenvalue weighted by molar-refractivity contribution is 5.86. The van der Waals surface area contributed by atoms with Gasteiger partial charge in [-0.05, 0) is 6.92 Å². The predicted molar refractivity (Wildman–Crippen MR) is 84.8 cm³/mol. The van der Waals surface area contributed by atoms with Crippen LogP contribution in [0, 0.1) is 0 Å². The monoisotopic (exact) mass is 286 g/mol. The molecule has 0 saturated carbocycles. The quantitative estimate of drug-likeness (QED) is 0.398. The van der Waals surface area contributed by atoms with Gasteiger partial charge in [0, 0.05) is 30.7 Å². The second-order valence-corrected chi connectivity index (χ2v) is 4.66. The van der Waals surface area contributed by atoms with Crippen LogP contribution in [-0.4, -0.2) is 15.5 Å². The van der Waals surface area contributed by atoms with E-state index in [2.05, 4.69) is 31.3 Å². The summed E-state index contributed by atoms with van der Waals surface area (Å²) in [5, 5.41) is 0. The number of hydrogen-bond acceptors (Lipinski definition) is 3. The third-order valence-corrected chi connectivity index (χ3v) is 2.90. The third-order valence-electron chi connectivity index (χ3n) is 2.90. The molecular formula is C17H22N2O2. The molecule has 4 nitrogen and oxygen atoms in total. The van der Waals surface area contributed by atoms with Crippen molar-refractivity contribution in [2.24, 2.45) is 0 Å². The summed E-state index contributed by atoms with van der Waals surface area (Å²) in [4.78, 5) is 16.1. The van der Waals surface area contributed by atoms with Crippen molar-refractivity contribution in [1.82, 2.24) is 9.55 Å². The first-order valence-corrected chi connectivity index (χ1v) is 6.77. The van der Waals surface area contributed by atoms with Crippen LogP contribution in [0.15, 0.2) is 50.1 Å². The number of carbonyl (C=O) groups excluding carboxylic acids is 1. The van der Waals surface area contributed by atoms with Crippen LogP contribution in [0.25, 0.3) is 0 Å². The number of allylic oxidation sites excluding steroid dienone is 3. The van der Waals surface area contributed by atoms with Gasteiger partial charge in [-0.25, -0.2) is 9.78 Å². The first-order valence-electron chi connectivity index (χ1n) is 6.77. The fourth-order valence-electron chi connectivity index (χ4n) is 1.97. The van der Waals surface area contributed by atoms with E-state index < -0.39 is 5.97 Å². The van der Waals surface area contributed by atoms with Crippen molar-refractivity contribution in [3.8, 4) is 0 Å². The Bertz CT molecular complexity index is 568. The van der Waals surface area contributed by atoms with E-state index in [1.807, 2.05) is 10.6 Å². The summed E-state index contributed by atoms with van der Waals surface area (Å²) in [6.45, 7) is 17.2. The second kappa shape index (κ2) is 8.04. The molecule has 112 valence electrons. The highest BCUT2D eigenvalue weighted by Gasteiger charge is 2.16. The molecule has 0 aromatic carbocycles. The zero-order chi connectivity index (χ0) is 15.8. The summed E-state index contributed by atoms with van der Waals surface area (Å²) < 4.78 is 7.19. The zero-order valence-corrected chi connectivity index (χ0v) is 12.6. The average Bonchev–Trinajstić information content (AvgIpc) is 2.76. The Labute approximate surface area is 126 Å². The Morgan fingerprint density at radius 2 is 1.90 bits per heavy atom. The molecule has 0 aliphatic rings. The Kier molecular flexibility index (Phi) is 6.40. The first-order chi connectivity index (χ1) is 10.0. The van der Waals surface area contributed by atoms with E-state index in [9.17, 15) is 4.79 Å². The Balaban J connectivity index is 3.10. The van der Waals surface area contributed by atoms with E-state index in [0.717, 1.165) is 11.4 Å². The number of ether oxygens (including phenoxy) is 1. The minimum absolute atomic E-state index is 0.112. The smallest absolute Gasteiger partial charge is 0.333 e. The fraction of sp³-hybridized carbons (Fsp3) is 0.294. The molecule has 0 atom stereocenters. The van der Waals surface area contributed by atoms with Gasteiger partial charge in [0.25, 0.3) is 0 Å². The van der Waals surface area contributed by atoms with Gasteiger partial charge >= 0.3 is 5.97 Å². The minimum Gasteiger partial charge on any atom is -0.454 e. The van der Waals surface area contributed by atoms with Crippen molar-refractivity contribution in [2.45, 2.75) is 32.9 Å². The third kappa shape index (κ3) is 4.31. The maximum Gasteiger partial charge on any atom is 0.333 e. The van der Waals surface area contributed by atoms with Gasteiger partial charge in [-0.3, -0.25) is 0 Å². The van der Waals surface area contributed by atoms with Gasteiger partial charge in [-0.1, -0.05) is 24.8 Å². The summed E-state index contributed by atoms with van der Waals surface area (Å²) in [6, 6.07) is 0. The number of aromatic nitrogens is 2. The number of nitrogens with zero attached hydrogens (tertiary/aromatic N) is 2. The van der Waals surface area contributed by atoms with Crippen molar-refractivity contribution in [2.75, 3.05) is 0 Å². The Morgan fingerprint density at radius 3 is 2.43 bits per heavy atom. The van der Waals surface area contributed by atoms with Crippen molar-refractivity contribution in [1.29, 1.82) is 0 Å². The normalized spacial score (nSPS) is 9.95. The van der Waals surface area contributed by atoms with Gasteiger partial charge < -0.3 is 9.30 Å². The lowest BCUT2D eigenvalue weighted by molar-refractivity contribution is -0.140. The van der Waals surface area contributed by atoms with E-state index in [1.54, 1.807) is 19.1 Å². The Morgan fingerprint density at radius 1 is 1.24 bits per heavy atom. The van der Waals surface area contributed by atoms with Crippen LogP contribution in [0.1, 0.15) is 24.1 Å². The van der Waals surface area contributed by atoms with E-state index in [1.165, 1.54) is 0 Å². The van der Waals surface area contributed by atoms with E-state index in [-0.39, 0.29) is 6.61 Å². The number of carbonyl (C=O) groups is 1. The van der Waals surface area contributed by atoms with Crippen molar-refractivity contribution < 1.29 is 9.53 Å². The molecule has 0 aliphatic heterocycles. The SMILES string of the molecule is C=CCc1nc(COC(=O)C(=C)C)n(CC=C)c1CC=C. The van der Waals surface area contributed by atoms with Crippen molar-refractivity contribution >= 4 is 5.97 Å². The maximum absolute atomic E-state index is 11.5. The summed E-state index contributed by atoms with van der Waals surface area (Å²) in [5.74, 6) is 0.275. The molecule has 0 radical (unpaired) electrons. The molecular weight excluding hydrogens is 264 g/mol. The van der Waals surface area contributed by atoms with Gasteiger partial charge in [-0.2, -0.15) is 0 Å². The molecule has 1 aromatic rings. The largest absolute Gasteiger partial charge is 0.454 e. The van der Waals surface area contributed by atoms with Crippen LogP contribution < -0.4 is 0 Å². The average molecular weight is 286 g/mol. The summed E-state index contributed by atoms with van der Waals surface area (Å²) >= 11 is 0. The molecule has 0 spiro atoms. The molecule has 1 aromatic heterocycles. The number of imidazole rings is 1. The van der Waals surface area contributed by atoms with Crippen LogP contribution in [0.2, 0.25) is 0 Å². The highest BCUT2D eigenvalue weighted by Crippen LogP contribution is 2.16. The molecule has 0 unspecified atom stereocenters. The lowest BCUT2D eigenvalue weighted by atomic mass is 10.2. The van der Waals surface area contributed by atoms with Gasteiger partial charge in [0.1, 0.15) is 12.4 Å². The van der Waals surface area contributed by atoms with Gasteiger partial charge in [0.05, 0.1) is 5.69 Å². The molecule has 21 heavy (non-hydrogen) atoms. The molecule has 0 N–H and O–H groups in total. The lowest BCUT2D eigenvalue weighted by Gasteiger charge is -2.09. The van der Waals surface area contributed by atoms with Gasteiger partial charge in [-0.15, -0.1) is 19.7 Å². The molecule has 0 saturated heterocycles. The molecule has 0 bridgehead atoms. The molecule has 0 fully saturated rings. The molecule has 1 rings (SSSR count). The van der Waals surface area contributed by atoms with Gasteiger partial charge in [0.2, 0.25) is 0 Å². The second-order valence-electron chi connectivity index (χ2n) is 4.66. The molecule has 0 amide bonds. The minimum atomic E-state index is -0.418. The number of hydrogen-bond donors (Lipinski definition) is 0. The first kappa shape index (κ1) is 16.7. The summed E-state index contributed by atoms with van der Waals surface area (Å²) in [7, 11) is 0. The summed E-state index contributed by atoms with van der Waals surface area (Å²) in [5.41, 5.74) is 2.34. The highest BCUT2D eigenvalue weighted by atomic mass is 16.5.